The number of carbonyl (C=O) groups is 2. The molecule has 1 amide bonds. The van der Waals surface area contributed by atoms with Gasteiger partial charge in [0.05, 0.1) is 29.9 Å². The fraction of sp³-hybridized carbons (Fsp3) is 0.308. The Morgan fingerprint density at radius 1 is 1.13 bits per heavy atom. The lowest BCUT2D eigenvalue weighted by molar-refractivity contribution is -0.114. The maximum atomic E-state index is 13.6. The van der Waals surface area contributed by atoms with Gasteiger partial charge in [-0.25, -0.2) is 17.6 Å². The zero-order chi connectivity index (χ0) is 27.4. The highest BCUT2D eigenvalue weighted by Crippen LogP contribution is 2.37. The number of fused-ring (bicyclic) bond motifs is 1. The third kappa shape index (κ3) is 5.82. The number of benzene rings is 2. The molecule has 0 radical (unpaired) electrons. The summed E-state index contributed by atoms with van der Waals surface area (Å²) in [6.45, 7) is 3.05. The number of likely N-dealkylation sites (N-methyl/N-ethyl adjacent to an activating group) is 1. The minimum atomic E-state index is -4.25. The lowest BCUT2D eigenvalue weighted by atomic mass is 10.0. The topological polar surface area (TPSA) is 105 Å². The lowest BCUT2D eigenvalue weighted by Gasteiger charge is -2.24. The Hall–Kier alpha value is -3.48. The second-order valence-electron chi connectivity index (χ2n) is 8.63. The number of sulfonamides is 1. The first-order valence-electron chi connectivity index (χ1n) is 11.9. The summed E-state index contributed by atoms with van der Waals surface area (Å²) in [4.78, 5) is 28.8. The summed E-state index contributed by atoms with van der Waals surface area (Å²) in [7, 11) is -1.01. The number of ether oxygens (including phenoxy) is 2. The Morgan fingerprint density at radius 3 is 2.45 bits per heavy atom. The van der Waals surface area contributed by atoms with Gasteiger partial charge in [0.2, 0.25) is 5.91 Å². The van der Waals surface area contributed by atoms with Crippen LogP contribution in [0.5, 0.6) is 5.75 Å². The van der Waals surface area contributed by atoms with Crippen molar-refractivity contribution in [3.8, 4) is 5.75 Å². The molecule has 38 heavy (non-hydrogen) atoms. The van der Waals surface area contributed by atoms with Crippen LogP contribution in [0.4, 0.5) is 15.1 Å². The molecule has 0 saturated heterocycles. The van der Waals surface area contributed by atoms with Crippen LogP contribution in [0, 0.1) is 5.82 Å². The van der Waals surface area contributed by atoms with Gasteiger partial charge in [-0.3, -0.25) is 9.10 Å². The third-order valence-electron chi connectivity index (χ3n) is 6.01. The molecule has 1 aliphatic heterocycles. The van der Waals surface area contributed by atoms with Crippen molar-refractivity contribution < 1.29 is 31.9 Å². The molecule has 12 heteroatoms. The molecule has 0 saturated carbocycles. The molecule has 2 heterocycles. The molecular formula is C26H28FN3O6S2. The predicted molar refractivity (Wildman–Crippen MR) is 143 cm³/mol. The van der Waals surface area contributed by atoms with Crippen LogP contribution in [-0.4, -0.2) is 59.0 Å². The Labute approximate surface area is 224 Å². The largest absolute Gasteiger partial charge is 0.494 e. The number of thiophene rings is 1. The molecule has 0 fully saturated rings. The number of hydrogen-bond acceptors (Lipinski definition) is 8. The van der Waals surface area contributed by atoms with Crippen LogP contribution in [0.3, 0.4) is 0 Å². The molecule has 2 aromatic carbocycles. The second kappa shape index (κ2) is 11.5. The number of halogens is 1. The number of carbonyl (C=O) groups excluding carboxylic acids is 2. The smallest absolute Gasteiger partial charge is 0.341 e. The van der Waals surface area contributed by atoms with Crippen molar-refractivity contribution in [2.75, 3.05) is 43.5 Å². The molecule has 1 aliphatic rings. The summed E-state index contributed by atoms with van der Waals surface area (Å²) < 4.78 is 52.0. The molecular weight excluding hydrogens is 533 g/mol. The summed E-state index contributed by atoms with van der Waals surface area (Å²) in [5, 5.41) is 3.04. The summed E-state index contributed by atoms with van der Waals surface area (Å²) in [6, 6.07) is 10.6. The lowest BCUT2D eigenvalue weighted by Crippen LogP contribution is -2.38. The van der Waals surface area contributed by atoms with Crippen LogP contribution in [0.25, 0.3) is 0 Å². The van der Waals surface area contributed by atoms with Gasteiger partial charge in [0, 0.05) is 18.0 Å². The van der Waals surface area contributed by atoms with Gasteiger partial charge in [-0.2, -0.15) is 0 Å². The predicted octanol–water partition coefficient (Wildman–Crippen LogP) is 3.89. The molecule has 0 spiro atoms. The number of anilines is 2. The highest BCUT2D eigenvalue weighted by molar-refractivity contribution is 7.92. The van der Waals surface area contributed by atoms with E-state index in [1.54, 1.807) is 12.1 Å². The summed E-state index contributed by atoms with van der Waals surface area (Å²) in [5.41, 5.74) is 1.34. The maximum absolute atomic E-state index is 13.6. The number of rotatable bonds is 9. The average molecular weight is 562 g/mol. The van der Waals surface area contributed by atoms with Gasteiger partial charge in [-0.05, 0) is 74.5 Å². The maximum Gasteiger partial charge on any atom is 0.341 e. The van der Waals surface area contributed by atoms with E-state index in [0.717, 1.165) is 45.6 Å². The van der Waals surface area contributed by atoms with Crippen molar-refractivity contribution in [1.29, 1.82) is 0 Å². The quantitative estimate of drug-likeness (QED) is 0.395. The first kappa shape index (κ1) is 27.6. The van der Waals surface area contributed by atoms with Crippen molar-refractivity contribution in [3.63, 3.8) is 0 Å². The molecule has 9 nitrogen and oxygen atoms in total. The summed E-state index contributed by atoms with van der Waals surface area (Å²) >= 11 is 1.27. The summed E-state index contributed by atoms with van der Waals surface area (Å²) in [6.07, 6.45) is 0.625. The minimum Gasteiger partial charge on any atom is -0.494 e. The molecule has 1 N–H and O–H groups in total. The van der Waals surface area contributed by atoms with Gasteiger partial charge in [0.25, 0.3) is 10.0 Å². The van der Waals surface area contributed by atoms with Gasteiger partial charge in [-0.1, -0.05) is 0 Å². The van der Waals surface area contributed by atoms with Crippen LogP contribution >= 0.6 is 11.3 Å². The standard InChI is InChI=1S/C26H28FN3O6S2/c1-4-36-19-9-7-18(8-10-19)30(38(33,34)20-11-5-17(27)6-12-20)16-23(31)28-25-24(26(32)35-3)21-13-14-29(2)15-22(21)37-25/h5-12H,4,13-16H2,1-3H3,(H,28,31). The molecule has 0 aliphatic carbocycles. The summed E-state index contributed by atoms with van der Waals surface area (Å²) in [5.74, 6) is -1.26. The molecule has 0 atom stereocenters. The normalized spacial score (nSPS) is 13.5. The number of nitrogens with zero attached hydrogens (tertiary/aromatic N) is 2. The number of amides is 1. The Kier molecular flexibility index (Phi) is 8.34. The van der Waals surface area contributed by atoms with E-state index in [1.807, 2.05) is 14.0 Å². The van der Waals surface area contributed by atoms with Crippen LogP contribution in [0.2, 0.25) is 0 Å². The van der Waals surface area contributed by atoms with E-state index < -0.39 is 34.3 Å². The van der Waals surface area contributed by atoms with E-state index in [2.05, 4.69) is 10.2 Å². The van der Waals surface area contributed by atoms with Gasteiger partial charge >= 0.3 is 5.97 Å². The van der Waals surface area contributed by atoms with E-state index in [1.165, 1.54) is 30.6 Å². The van der Waals surface area contributed by atoms with Crippen molar-refractivity contribution in [1.82, 2.24) is 4.90 Å². The molecule has 0 bridgehead atoms. The first-order chi connectivity index (χ1) is 18.1. The van der Waals surface area contributed by atoms with E-state index in [0.29, 0.717) is 35.9 Å². The van der Waals surface area contributed by atoms with Crippen molar-refractivity contribution in [3.05, 3.63) is 70.4 Å². The van der Waals surface area contributed by atoms with Crippen molar-refractivity contribution in [2.45, 2.75) is 24.8 Å². The van der Waals surface area contributed by atoms with Gasteiger partial charge in [-0.15, -0.1) is 11.3 Å². The average Bonchev–Trinajstić information content (AvgIpc) is 3.24. The van der Waals surface area contributed by atoms with E-state index in [9.17, 15) is 22.4 Å². The van der Waals surface area contributed by atoms with Crippen molar-refractivity contribution in [2.24, 2.45) is 0 Å². The Balaban J connectivity index is 1.67. The Bertz CT molecular complexity index is 1420. The number of methoxy groups -OCH3 is 1. The van der Waals surface area contributed by atoms with E-state index in [4.69, 9.17) is 9.47 Å². The monoisotopic (exact) mass is 561 g/mol. The van der Waals surface area contributed by atoms with E-state index in [-0.39, 0.29) is 10.6 Å². The van der Waals surface area contributed by atoms with Gasteiger partial charge in [0.1, 0.15) is 23.1 Å². The molecule has 202 valence electrons. The first-order valence-corrected chi connectivity index (χ1v) is 14.1. The number of nitrogens with one attached hydrogen (secondary N) is 1. The minimum absolute atomic E-state index is 0.176. The van der Waals surface area contributed by atoms with E-state index >= 15 is 0 Å². The van der Waals surface area contributed by atoms with Crippen LogP contribution in [-0.2, 0) is 32.5 Å². The van der Waals surface area contributed by atoms with Crippen LogP contribution in [0.1, 0.15) is 27.7 Å². The third-order valence-corrected chi connectivity index (χ3v) is 8.94. The molecule has 1 aromatic heterocycles. The zero-order valence-electron chi connectivity index (χ0n) is 21.2. The van der Waals surface area contributed by atoms with Crippen LogP contribution in [0.15, 0.2) is 53.4 Å². The Morgan fingerprint density at radius 2 is 1.82 bits per heavy atom. The van der Waals surface area contributed by atoms with Crippen LogP contribution < -0.4 is 14.4 Å². The number of esters is 1. The van der Waals surface area contributed by atoms with Gasteiger partial charge < -0.3 is 19.7 Å². The van der Waals surface area contributed by atoms with Gasteiger partial charge in [0.15, 0.2) is 0 Å². The SMILES string of the molecule is CCOc1ccc(N(CC(=O)Nc2sc3c(c2C(=O)OC)CCN(C)C3)S(=O)(=O)c2ccc(F)cc2)cc1. The van der Waals surface area contributed by atoms with Crippen molar-refractivity contribution >= 4 is 43.9 Å². The number of hydrogen-bond donors (Lipinski definition) is 1. The second-order valence-corrected chi connectivity index (χ2v) is 11.6. The molecule has 0 unspecified atom stereocenters. The molecule has 4 rings (SSSR count). The molecule has 3 aromatic rings. The highest BCUT2D eigenvalue weighted by atomic mass is 32.2. The highest BCUT2D eigenvalue weighted by Gasteiger charge is 2.31. The fourth-order valence-electron chi connectivity index (χ4n) is 4.16. The zero-order valence-corrected chi connectivity index (χ0v) is 22.8. The fourth-order valence-corrected chi connectivity index (χ4v) is 6.91.